The Kier molecular flexibility index (Phi) is 4.68. The highest BCUT2D eigenvalue weighted by atomic mass is 32.1. The molecule has 1 heterocycles. The molecular weight excluding hydrogens is 272 g/mol. The van der Waals surface area contributed by atoms with E-state index >= 15 is 0 Å². The zero-order valence-corrected chi connectivity index (χ0v) is 13.8. The number of rotatable bonds is 5. The van der Waals surface area contributed by atoms with E-state index in [-0.39, 0.29) is 11.9 Å². The lowest BCUT2D eigenvalue weighted by molar-refractivity contribution is -0.145. The van der Waals surface area contributed by atoms with Gasteiger partial charge in [0.25, 0.3) is 0 Å². The number of anilines is 1. The number of nitrogens with zero attached hydrogens (tertiary/aromatic N) is 2. The minimum Gasteiger partial charge on any atom is -0.465 e. The van der Waals surface area contributed by atoms with Gasteiger partial charge in [0.05, 0.1) is 12.3 Å². The molecule has 0 saturated heterocycles. The van der Waals surface area contributed by atoms with Crippen molar-refractivity contribution in [1.29, 1.82) is 0 Å². The van der Waals surface area contributed by atoms with Crippen LogP contribution < -0.4 is 4.90 Å². The molecule has 112 valence electrons. The predicted octanol–water partition coefficient (Wildman–Crippen LogP) is 3.22. The third-order valence-electron chi connectivity index (χ3n) is 4.15. The van der Waals surface area contributed by atoms with E-state index in [0.29, 0.717) is 18.6 Å². The van der Waals surface area contributed by atoms with Crippen LogP contribution in [-0.4, -0.2) is 30.6 Å². The van der Waals surface area contributed by atoms with E-state index in [2.05, 4.69) is 32.7 Å². The molecule has 1 aromatic rings. The van der Waals surface area contributed by atoms with Crippen LogP contribution >= 0.6 is 11.3 Å². The van der Waals surface area contributed by atoms with E-state index in [1.807, 2.05) is 6.92 Å². The van der Waals surface area contributed by atoms with Crippen molar-refractivity contribution >= 4 is 22.4 Å². The summed E-state index contributed by atoms with van der Waals surface area (Å²) in [5.74, 6) is 0.292. The first-order valence-corrected chi connectivity index (χ1v) is 8.16. The van der Waals surface area contributed by atoms with Crippen molar-refractivity contribution in [1.82, 2.24) is 4.98 Å². The Morgan fingerprint density at radius 3 is 2.80 bits per heavy atom. The van der Waals surface area contributed by atoms with Crippen molar-refractivity contribution in [2.24, 2.45) is 5.92 Å². The molecule has 1 aliphatic carbocycles. The third-order valence-corrected chi connectivity index (χ3v) is 5.38. The second-order valence-corrected chi connectivity index (χ2v) is 6.81. The Bertz CT molecular complexity index is 484. The smallest absolute Gasteiger partial charge is 0.315 e. The Balaban J connectivity index is 2.18. The van der Waals surface area contributed by atoms with Crippen molar-refractivity contribution in [2.75, 3.05) is 18.6 Å². The summed E-state index contributed by atoms with van der Waals surface area (Å²) < 4.78 is 5.15. The number of thiazole rings is 1. The molecule has 1 aromatic heterocycles. The highest BCUT2D eigenvalue weighted by Gasteiger charge is 2.34. The Morgan fingerprint density at radius 2 is 2.20 bits per heavy atom. The summed E-state index contributed by atoms with van der Waals surface area (Å²) in [6.45, 7) is 8.91. The Labute approximate surface area is 125 Å². The largest absolute Gasteiger partial charge is 0.465 e. The van der Waals surface area contributed by atoms with Crippen molar-refractivity contribution in [3.8, 4) is 0 Å². The van der Waals surface area contributed by atoms with Crippen LogP contribution in [0.25, 0.3) is 0 Å². The first kappa shape index (κ1) is 15.3. The van der Waals surface area contributed by atoms with Gasteiger partial charge in [-0.2, -0.15) is 0 Å². The predicted molar refractivity (Wildman–Crippen MR) is 82.5 cm³/mol. The van der Waals surface area contributed by atoms with E-state index in [4.69, 9.17) is 9.72 Å². The zero-order valence-electron chi connectivity index (χ0n) is 13.0. The maximum Gasteiger partial charge on any atom is 0.315 e. The lowest BCUT2D eigenvalue weighted by atomic mass is 10.1. The first-order chi connectivity index (χ1) is 9.45. The number of hydrogen-bond donors (Lipinski definition) is 0. The fourth-order valence-corrected chi connectivity index (χ4v) is 3.65. The molecule has 0 aromatic carbocycles. The fourth-order valence-electron chi connectivity index (χ4n) is 2.46. The molecule has 2 unspecified atom stereocenters. The number of fused-ring (bicyclic) bond motifs is 1. The number of carbonyl (C=O) groups is 1. The van der Waals surface area contributed by atoms with Gasteiger partial charge in [-0.15, -0.1) is 11.3 Å². The van der Waals surface area contributed by atoms with Crippen LogP contribution in [0, 0.1) is 5.92 Å². The molecule has 0 amide bonds. The molecule has 0 N–H and O–H groups in total. The van der Waals surface area contributed by atoms with E-state index in [0.717, 1.165) is 23.7 Å². The molecule has 0 spiro atoms. The lowest BCUT2D eigenvalue weighted by Gasteiger charge is -2.27. The van der Waals surface area contributed by atoms with Crippen LogP contribution in [0.15, 0.2) is 0 Å². The standard InChI is InChI=1S/C15H24N2O2S/c1-6-19-14(18)11-7-8-12-13(11)16-15(20-12)17(5)10(4)9(2)3/h9-11H,6-8H2,1-5H3. The maximum absolute atomic E-state index is 12.0. The van der Waals surface area contributed by atoms with E-state index < -0.39 is 0 Å². The molecule has 5 heteroatoms. The topological polar surface area (TPSA) is 42.4 Å². The van der Waals surface area contributed by atoms with Crippen LogP contribution in [0.4, 0.5) is 5.13 Å². The number of aromatic nitrogens is 1. The van der Waals surface area contributed by atoms with Crippen LogP contribution in [0.2, 0.25) is 0 Å². The normalized spacial score (nSPS) is 19.0. The van der Waals surface area contributed by atoms with E-state index in [1.54, 1.807) is 11.3 Å². The van der Waals surface area contributed by atoms with Gasteiger partial charge in [0.2, 0.25) is 0 Å². The first-order valence-electron chi connectivity index (χ1n) is 7.34. The lowest BCUT2D eigenvalue weighted by Crippen LogP contribution is -2.33. The monoisotopic (exact) mass is 296 g/mol. The van der Waals surface area contributed by atoms with Crippen molar-refractivity contribution in [2.45, 2.75) is 52.5 Å². The van der Waals surface area contributed by atoms with Gasteiger partial charge in [0, 0.05) is 18.0 Å². The fraction of sp³-hybridized carbons (Fsp3) is 0.733. The van der Waals surface area contributed by atoms with E-state index in [1.165, 1.54) is 4.88 Å². The Hall–Kier alpha value is -1.10. The summed E-state index contributed by atoms with van der Waals surface area (Å²) in [6.07, 6.45) is 1.79. The van der Waals surface area contributed by atoms with Crippen LogP contribution in [0.5, 0.6) is 0 Å². The average Bonchev–Trinajstić information content (AvgIpc) is 2.96. The minimum absolute atomic E-state index is 0.123. The molecule has 20 heavy (non-hydrogen) atoms. The van der Waals surface area contributed by atoms with Gasteiger partial charge in [-0.05, 0) is 32.6 Å². The maximum atomic E-state index is 12.0. The molecule has 0 bridgehead atoms. The second-order valence-electron chi connectivity index (χ2n) is 5.74. The van der Waals surface area contributed by atoms with Gasteiger partial charge in [-0.3, -0.25) is 4.79 Å². The number of hydrogen-bond acceptors (Lipinski definition) is 5. The van der Waals surface area contributed by atoms with Crippen molar-refractivity contribution in [3.05, 3.63) is 10.6 Å². The second kappa shape index (κ2) is 6.12. The highest BCUT2D eigenvalue weighted by Crippen LogP contribution is 2.40. The van der Waals surface area contributed by atoms with Crippen LogP contribution in [0.3, 0.4) is 0 Å². The summed E-state index contributed by atoms with van der Waals surface area (Å²) in [6, 6.07) is 0.433. The summed E-state index contributed by atoms with van der Waals surface area (Å²) in [4.78, 5) is 20.1. The summed E-state index contributed by atoms with van der Waals surface area (Å²) in [5, 5.41) is 1.02. The molecule has 0 radical (unpaired) electrons. The zero-order chi connectivity index (χ0) is 14.9. The molecule has 0 aliphatic heterocycles. The quantitative estimate of drug-likeness (QED) is 0.782. The Morgan fingerprint density at radius 1 is 1.50 bits per heavy atom. The number of esters is 1. The highest BCUT2D eigenvalue weighted by molar-refractivity contribution is 7.15. The average molecular weight is 296 g/mol. The van der Waals surface area contributed by atoms with Gasteiger partial charge in [0.15, 0.2) is 5.13 Å². The summed E-state index contributed by atoms with van der Waals surface area (Å²) in [5.41, 5.74) is 0.950. The van der Waals surface area contributed by atoms with E-state index in [9.17, 15) is 4.79 Å². The van der Waals surface area contributed by atoms with Crippen LogP contribution in [-0.2, 0) is 16.0 Å². The SMILES string of the molecule is CCOC(=O)C1CCc2sc(N(C)C(C)C(C)C)nc21. The molecule has 0 saturated carbocycles. The van der Waals surface area contributed by atoms with Crippen molar-refractivity contribution < 1.29 is 9.53 Å². The molecule has 4 nitrogen and oxygen atoms in total. The molecule has 0 fully saturated rings. The van der Waals surface area contributed by atoms with Gasteiger partial charge >= 0.3 is 5.97 Å². The third kappa shape index (κ3) is 2.82. The summed E-state index contributed by atoms with van der Waals surface area (Å²) in [7, 11) is 2.08. The molecule has 1 aliphatic rings. The van der Waals surface area contributed by atoms with Crippen molar-refractivity contribution in [3.63, 3.8) is 0 Å². The van der Waals surface area contributed by atoms with Gasteiger partial charge in [0.1, 0.15) is 5.92 Å². The number of carbonyl (C=O) groups excluding carboxylic acids is 1. The molecular formula is C15H24N2O2S. The van der Waals surface area contributed by atoms with Gasteiger partial charge < -0.3 is 9.64 Å². The van der Waals surface area contributed by atoms with Gasteiger partial charge in [-0.25, -0.2) is 4.98 Å². The minimum atomic E-state index is -0.155. The molecule has 2 rings (SSSR count). The number of aryl methyl sites for hydroxylation is 1. The van der Waals surface area contributed by atoms with Gasteiger partial charge in [-0.1, -0.05) is 13.8 Å². The molecule has 2 atom stereocenters. The number of ether oxygens (including phenoxy) is 1. The van der Waals surface area contributed by atoms with Crippen LogP contribution in [0.1, 0.15) is 50.6 Å². The summed E-state index contributed by atoms with van der Waals surface area (Å²) >= 11 is 1.72.